The maximum atomic E-state index is 11.6. The first-order valence-corrected chi connectivity index (χ1v) is 6.67. The van der Waals surface area contributed by atoms with E-state index in [1.54, 1.807) is 6.08 Å². The third-order valence-electron chi connectivity index (χ3n) is 3.44. The summed E-state index contributed by atoms with van der Waals surface area (Å²) in [6.07, 6.45) is 4.49. The number of fused-ring (bicyclic) bond motifs is 3. The van der Waals surface area contributed by atoms with Crippen LogP contribution in [0.4, 0.5) is 0 Å². The van der Waals surface area contributed by atoms with Crippen LogP contribution < -0.4 is 0 Å². The van der Waals surface area contributed by atoms with Gasteiger partial charge >= 0.3 is 5.97 Å². The van der Waals surface area contributed by atoms with E-state index in [0.717, 1.165) is 41.6 Å². The highest BCUT2D eigenvalue weighted by atomic mass is 16.5. The fraction of sp³-hybridized carbons (Fsp3) is 0.312. The Morgan fingerprint density at radius 3 is 3.05 bits per heavy atom. The molecule has 0 bridgehead atoms. The van der Waals surface area contributed by atoms with Gasteiger partial charge in [-0.1, -0.05) is 18.2 Å². The lowest BCUT2D eigenvalue weighted by Gasteiger charge is -2.13. The number of para-hydroxylation sites is 1. The highest BCUT2D eigenvalue weighted by molar-refractivity contribution is 5.94. The lowest BCUT2D eigenvalue weighted by molar-refractivity contribution is -0.137. The van der Waals surface area contributed by atoms with E-state index < -0.39 is 0 Å². The minimum Gasteiger partial charge on any atom is -0.463 e. The third kappa shape index (κ3) is 2.16. The van der Waals surface area contributed by atoms with Gasteiger partial charge in [0.05, 0.1) is 6.61 Å². The average molecular weight is 256 g/mol. The topological polar surface area (TPSA) is 39.4 Å². The zero-order chi connectivity index (χ0) is 13.2. The number of benzene rings is 1. The minimum absolute atomic E-state index is 0.286. The molecule has 0 spiro atoms. The van der Waals surface area contributed by atoms with Crippen molar-refractivity contribution in [3.05, 3.63) is 41.7 Å². The molecule has 1 aliphatic rings. The molecule has 0 N–H and O–H groups in total. The molecule has 1 aliphatic carbocycles. The van der Waals surface area contributed by atoms with Gasteiger partial charge in [0, 0.05) is 22.6 Å². The molecule has 1 heterocycles. The zero-order valence-electron chi connectivity index (χ0n) is 10.9. The van der Waals surface area contributed by atoms with Gasteiger partial charge in [-0.2, -0.15) is 0 Å². The molecule has 0 saturated heterocycles. The number of hydrogen-bond donors (Lipinski definition) is 0. The Hall–Kier alpha value is -2.03. The van der Waals surface area contributed by atoms with E-state index in [1.165, 1.54) is 5.56 Å². The SMILES string of the molecule is CCOC(=O)/C=C1\CCCc2c1oc1ccccc21. The molecule has 3 nitrogen and oxygen atoms in total. The van der Waals surface area contributed by atoms with Crippen LogP contribution in [-0.4, -0.2) is 12.6 Å². The predicted molar refractivity (Wildman–Crippen MR) is 73.8 cm³/mol. The minimum atomic E-state index is -0.286. The molecule has 3 rings (SSSR count). The predicted octanol–water partition coefficient (Wildman–Crippen LogP) is 3.72. The lowest BCUT2D eigenvalue weighted by Crippen LogP contribution is -2.04. The van der Waals surface area contributed by atoms with Gasteiger partial charge in [-0.3, -0.25) is 0 Å². The summed E-state index contributed by atoms with van der Waals surface area (Å²) in [7, 11) is 0. The first-order chi connectivity index (χ1) is 9.29. The van der Waals surface area contributed by atoms with E-state index in [2.05, 4.69) is 6.07 Å². The van der Waals surface area contributed by atoms with Gasteiger partial charge in [0.25, 0.3) is 0 Å². The molecular weight excluding hydrogens is 240 g/mol. The van der Waals surface area contributed by atoms with Crippen molar-refractivity contribution in [2.45, 2.75) is 26.2 Å². The molecule has 2 aromatic rings. The van der Waals surface area contributed by atoms with Gasteiger partial charge in [0.1, 0.15) is 11.3 Å². The van der Waals surface area contributed by atoms with E-state index >= 15 is 0 Å². The van der Waals surface area contributed by atoms with Crippen LogP contribution in [0.25, 0.3) is 16.5 Å². The summed E-state index contributed by atoms with van der Waals surface area (Å²) < 4.78 is 10.9. The molecule has 0 aliphatic heterocycles. The van der Waals surface area contributed by atoms with Crippen molar-refractivity contribution in [1.82, 2.24) is 0 Å². The van der Waals surface area contributed by atoms with Crippen molar-refractivity contribution in [3.8, 4) is 0 Å². The number of esters is 1. The normalized spacial score (nSPS) is 16.6. The van der Waals surface area contributed by atoms with Crippen LogP contribution in [-0.2, 0) is 16.0 Å². The van der Waals surface area contributed by atoms with E-state index in [4.69, 9.17) is 9.15 Å². The number of allylic oxidation sites excluding steroid dienone is 1. The second-order valence-corrected chi connectivity index (χ2v) is 4.68. The fourth-order valence-electron chi connectivity index (χ4n) is 2.64. The molecule has 1 aromatic carbocycles. The number of aryl methyl sites for hydroxylation is 1. The van der Waals surface area contributed by atoms with E-state index in [-0.39, 0.29) is 5.97 Å². The smallest absolute Gasteiger partial charge is 0.331 e. The Balaban J connectivity index is 2.07. The largest absolute Gasteiger partial charge is 0.463 e. The van der Waals surface area contributed by atoms with Crippen LogP contribution >= 0.6 is 0 Å². The molecule has 0 fully saturated rings. The monoisotopic (exact) mass is 256 g/mol. The van der Waals surface area contributed by atoms with E-state index in [0.29, 0.717) is 6.61 Å². The number of carbonyl (C=O) groups is 1. The zero-order valence-corrected chi connectivity index (χ0v) is 10.9. The Kier molecular flexibility index (Phi) is 3.11. The van der Waals surface area contributed by atoms with Crippen LogP contribution in [0, 0.1) is 0 Å². The molecule has 0 unspecified atom stereocenters. The highest BCUT2D eigenvalue weighted by Gasteiger charge is 2.22. The molecule has 98 valence electrons. The van der Waals surface area contributed by atoms with Crippen molar-refractivity contribution in [3.63, 3.8) is 0 Å². The summed E-state index contributed by atoms with van der Waals surface area (Å²) in [4.78, 5) is 11.6. The maximum Gasteiger partial charge on any atom is 0.331 e. The second-order valence-electron chi connectivity index (χ2n) is 4.68. The molecule has 19 heavy (non-hydrogen) atoms. The van der Waals surface area contributed by atoms with Crippen LogP contribution in [0.15, 0.2) is 34.8 Å². The summed E-state index contributed by atoms with van der Waals surface area (Å²) >= 11 is 0. The molecular formula is C16H16O3. The van der Waals surface area contributed by atoms with Gasteiger partial charge in [0.15, 0.2) is 0 Å². The number of rotatable bonds is 2. The molecule has 1 aromatic heterocycles. The molecule has 0 amide bonds. The first kappa shape index (κ1) is 12.0. The fourth-order valence-corrected chi connectivity index (χ4v) is 2.64. The number of hydrogen-bond acceptors (Lipinski definition) is 3. The number of ether oxygens (including phenoxy) is 1. The van der Waals surface area contributed by atoms with Crippen LogP contribution in [0.5, 0.6) is 0 Å². The molecule has 0 saturated carbocycles. The van der Waals surface area contributed by atoms with Crippen LogP contribution in [0.3, 0.4) is 0 Å². The van der Waals surface area contributed by atoms with Crippen molar-refractivity contribution in [2.24, 2.45) is 0 Å². The summed E-state index contributed by atoms with van der Waals surface area (Å²) in [5.74, 6) is 0.575. The maximum absolute atomic E-state index is 11.6. The van der Waals surface area contributed by atoms with Gasteiger partial charge in [0.2, 0.25) is 0 Å². The van der Waals surface area contributed by atoms with Gasteiger partial charge < -0.3 is 9.15 Å². The van der Waals surface area contributed by atoms with Crippen LogP contribution in [0.1, 0.15) is 31.1 Å². The number of furan rings is 1. The van der Waals surface area contributed by atoms with Crippen molar-refractivity contribution >= 4 is 22.5 Å². The summed E-state index contributed by atoms with van der Waals surface area (Å²) in [6, 6.07) is 8.02. The van der Waals surface area contributed by atoms with Crippen molar-refractivity contribution < 1.29 is 13.9 Å². The number of carbonyl (C=O) groups excluding carboxylic acids is 1. The first-order valence-electron chi connectivity index (χ1n) is 6.67. The van der Waals surface area contributed by atoms with Gasteiger partial charge in [-0.05, 0) is 32.3 Å². The summed E-state index contributed by atoms with van der Waals surface area (Å²) in [5.41, 5.74) is 3.07. The molecule has 0 radical (unpaired) electrons. The molecule has 0 atom stereocenters. The van der Waals surface area contributed by atoms with Crippen molar-refractivity contribution in [1.29, 1.82) is 0 Å². The Morgan fingerprint density at radius 2 is 2.21 bits per heavy atom. The molecule has 3 heteroatoms. The Labute approximate surface area is 111 Å². The van der Waals surface area contributed by atoms with Gasteiger partial charge in [-0.15, -0.1) is 0 Å². The average Bonchev–Trinajstić information content (AvgIpc) is 2.79. The second kappa shape index (κ2) is 4.92. The van der Waals surface area contributed by atoms with Crippen molar-refractivity contribution in [2.75, 3.05) is 6.61 Å². The van der Waals surface area contributed by atoms with E-state index in [9.17, 15) is 4.79 Å². The highest BCUT2D eigenvalue weighted by Crippen LogP contribution is 2.37. The standard InChI is InChI=1S/C16H16O3/c1-2-18-15(17)10-11-6-5-8-13-12-7-3-4-9-14(12)19-16(11)13/h3-4,7,9-10H,2,5-6,8H2,1H3/b11-10+. The Bertz CT molecular complexity index is 649. The van der Waals surface area contributed by atoms with E-state index in [1.807, 2.05) is 25.1 Å². The summed E-state index contributed by atoms with van der Waals surface area (Å²) in [6.45, 7) is 2.21. The lowest BCUT2D eigenvalue weighted by atomic mass is 9.91. The third-order valence-corrected chi connectivity index (χ3v) is 3.44. The Morgan fingerprint density at radius 1 is 1.37 bits per heavy atom. The quantitative estimate of drug-likeness (QED) is 0.607. The van der Waals surface area contributed by atoms with Gasteiger partial charge in [-0.25, -0.2) is 4.79 Å². The van der Waals surface area contributed by atoms with Crippen LogP contribution in [0.2, 0.25) is 0 Å². The summed E-state index contributed by atoms with van der Waals surface area (Å²) in [5, 5.41) is 1.16.